The smallest absolute Gasteiger partial charge is 0.361 e. The summed E-state index contributed by atoms with van der Waals surface area (Å²) in [6.45, 7) is 1.96. The van der Waals surface area contributed by atoms with E-state index in [0.29, 0.717) is 16.1 Å². The normalized spacial score (nSPS) is 12.6. The quantitative estimate of drug-likeness (QED) is 0.540. The molecule has 0 aliphatic heterocycles. The van der Waals surface area contributed by atoms with Crippen LogP contribution < -0.4 is 5.32 Å². The second kappa shape index (κ2) is 8.88. The number of aromatic nitrogens is 2. The fourth-order valence-electron chi connectivity index (χ4n) is 2.53. The fraction of sp³-hybridized carbons (Fsp3) is 0.211. The third-order valence-electron chi connectivity index (χ3n) is 4.17. The third kappa shape index (κ3) is 4.74. The zero-order valence-electron chi connectivity index (χ0n) is 16.0. The summed E-state index contributed by atoms with van der Waals surface area (Å²) < 4.78 is 28.9. The van der Waals surface area contributed by atoms with Crippen LogP contribution in [0.5, 0.6) is 0 Å². The Bertz CT molecular complexity index is 1030. The minimum absolute atomic E-state index is 0.102. The molecule has 1 aromatic heterocycles. The van der Waals surface area contributed by atoms with Crippen LogP contribution in [-0.2, 0) is 13.6 Å². The molecule has 8 nitrogen and oxygen atoms in total. The topological polar surface area (TPSA) is 104 Å². The number of nitrogens with one attached hydrogen (secondary N) is 1. The number of rotatable bonds is 7. The minimum Gasteiger partial charge on any atom is -0.418 e. The maximum absolute atomic E-state index is 13.1. The largest absolute Gasteiger partial charge is 0.418 e. The predicted molar refractivity (Wildman–Crippen MR) is 108 cm³/mol. The van der Waals surface area contributed by atoms with Crippen molar-refractivity contribution in [2.45, 2.75) is 12.7 Å². The van der Waals surface area contributed by atoms with E-state index in [-0.39, 0.29) is 11.8 Å². The number of carbonyl (C=O) groups excluding carboxylic acids is 1. The van der Waals surface area contributed by atoms with Gasteiger partial charge in [0, 0.05) is 30.4 Å². The van der Waals surface area contributed by atoms with Crippen LogP contribution in [0.4, 0.5) is 0 Å². The van der Waals surface area contributed by atoms with Gasteiger partial charge in [0.1, 0.15) is 0 Å². The number of halogens is 1. The SMILES string of the molecule is COP(=O)(OC)[C@H](NC(=O)c1ccc(Cl)cc1)c1nnc(-c2ccc(C)cc2)o1. The molecule has 0 aliphatic carbocycles. The lowest BCUT2D eigenvalue weighted by atomic mass is 10.1. The standard InChI is InChI=1S/C19H19ClN3O5P/c1-12-4-6-14(7-5-12)17-22-23-18(28-17)19(29(25,26-2)27-3)21-16(24)13-8-10-15(20)11-9-13/h4-11,19H,1-3H3,(H,21,24)/t19-/m0/s1. The molecule has 0 unspecified atom stereocenters. The minimum atomic E-state index is -3.84. The highest BCUT2D eigenvalue weighted by Crippen LogP contribution is 2.58. The maximum atomic E-state index is 13.1. The summed E-state index contributed by atoms with van der Waals surface area (Å²) in [6.07, 6.45) is 0. The van der Waals surface area contributed by atoms with Crippen LogP contribution in [0.15, 0.2) is 52.9 Å². The molecule has 0 aliphatic rings. The summed E-state index contributed by atoms with van der Waals surface area (Å²) in [5.74, 6) is -1.72. The monoisotopic (exact) mass is 435 g/mol. The summed E-state index contributed by atoms with van der Waals surface area (Å²) in [5.41, 5.74) is 2.06. The van der Waals surface area contributed by atoms with Crippen molar-refractivity contribution in [2.24, 2.45) is 0 Å². The highest BCUT2D eigenvalue weighted by Gasteiger charge is 2.41. The lowest BCUT2D eigenvalue weighted by Gasteiger charge is -2.22. The zero-order chi connectivity index (χ0) is 21.0. The van der Waals surface area contributed by atoms with Crippen molar-refractivity contribution < 1.29 is 22.8 Å². The second-order valence-electron chi connectivity index (χ2n) is 6.10. The highest BCUT2D eigenvalue weighted by atomic mass is 35.5. The summed E-state index contributed by atoms with van der Waals surface area (Å²) in [6, 6.07) is 13.6. The Kier molecular flexibility index (Phi) is 6.49. The number of hydrogen-bond acceptors (Lipinski definition) is 7. The summed E-state index contributed by atoms with van der Waals surface area (Å²) >= 11 is 5.86. The van der Waals surface area contributed by atoms with Gasteiger partial charge in [-0.3, -0.25) is 9.36 Å². The van der Waals surface area contributed by atoms with E-state index in [1.54, 1.807) is 12.1 Å². The molecule has 0 fully saturated rings. The van der Waals surface area contributed by atoms with Crippen molar-refractivity contribution >= 4 is 25.1 Å². The van der Waals surface area contributed by atoms with Crippen LogP contribution in [0.25, 0.3) is 11.5 Å². The number of nitrogens with zero attached hydrogens (tertiary/aromatic N) is 2. The van der Waals surface area contributed by atoms with E-state index >= 15 is 0 Å². The van der Waals surface area contributed by atoms with E-state index in [0.717, 1.165) is 5.56 Å². The molecule has 29 heavy (non-hydrogen) atoms. The molecule has 1 heterocycles. The first-order valence-corrected chi connectivity index (χ1v) is 10.5. The lowest BCUT2D eigenvalue weighted by Crippen LogP contribution is -2.29. The molecule has 0 saturated carbocycles. The van der Waals surface area contributed by atoms with E-state index in [4.69, 9.17) is 25.1 Å². The summed E-state index contributed by atoms with van der Waals surface area (Å²) in [4.78, 5) is 12.7. The Hall–Kier alpha value is -2.51. The van der Waals surface area contributed by atoms with Gasteiger partial charge in [-0.05, 0) is 43.3 Å². The van der Waals surface area contributed by atoms with Crippen molar-refractivity contribution in [1.82, 2.24) is 15.5 Å². The Labute approximate surface area is 172 Å². The summed E-state index contributed by atoms with van der Waals surface area (Å²) in [5, 5.41) is 11.0. The number of aryl methyl sites for hydroxylation is 1. The lowest BCUT2D eigenvalue weighted by molar-refractivity contribution is 0.0935. The second-order valence-corrected chi connectivity index (χ2v) is 8.86. The van der Waals surface area contributed by atoms with Gasteiger partial charge in [0.25, 0.3) is 11.8 Å². The van der Waals surface area contributed by atoms with Crippen molar-refractivity contribution in [3.8, 4) is 11.5 Å². The molecule has 1 N–H and O–H groups in total. The van der Waals surface area contributed by atoms with Gasteiger partial charge >= 0.3 is 7.60 Å². The average molecular weight is 436 g/mol. The Balaban J connectivity index is 1.94. The van der Waals surface area contributed by atoms with E-state index in [1.165, 1.54) is 26.4 Å². The zero-order valence-corrected chi connectivity index (χ0v) is 17.6. The third-order valence-corrected chi connectivity index (χ3v) is 6.42. The molecule has 0 spiro atoms. The predicted octanol–water partition coefficient (Wildman–Crippen LogP) is 4.61. The van der Waals surface area contributed by atoms with Crippen molar-refractivity contribution in [3.63, 3.8) is 0 Å². The first-order valence-electron chi connectivity index (χ1n) is 8.54. The van der Waals surface area contributed by atoms with E-state index in [1.807, 2.05) is 31.2 Å². The molecule has 0 bridgehead atoms. The molecule has 0 saturated heterocycles. The number of benzene rings is 2. The van der Waals surface area contributed by atoms with Crippen molar-refractivity contribution in [2.75, 3.05) is 14.2 Å². The van der Waals surface area contributed by atoms with Crippen LogP contribution in [0, 0.1) is 6.92 Å². The van der Waals surface area contributed by atoms with Crippen LogP contribution in [0.2, 0.25) is 5.02 Å². The van der Waals surface area contributed by atoms with Gasteiger partial charge in [-0.1, -0.05) is 29.3 Å². The van der Waals surface area contributed by atoms with Gasteiger partial charge in [-0.15, -0.1) is 10.2 Å². The Morgan fingerprint density at radius 2 is 1.69 bits per heavy atom. The first-order chi connectivity index (χ1) is 13.9. The molecule has 3 rings (SSSR count). The average Bonchev–Trinajstić information content (AvgIpc) is 3.22. The number of amides is 1. The fourth-order valence-corrected chi connectivity index (χ4v) is 3.87. The van der Waals surface area contributed by atoms with Crippen LogP contribution in [-0.4, -0.2) is 30.3 Å². The Morgan fingerprint density at radius 3 is 2.28 bits per heavy atom. The van der Waals surface area contributed by atoms with Crippen molar-refractivity contribution in [3.05, 3.63) is 70.6 Å². The van der Waals surface area contributed by atoms with Gasteiger partial charge in [0.2, 0.25) is 11.7 Å². The van der Waals surface area contributed by atoms with Crippen molar-refractivity contribution in [1.29, 1.82) is 0 Å². The van der Waals surface area contributed by atoms with Gasteiger partial charge < -0.3 is 18.8 Å². The molecule has 3 aromatic rings. The van der Waals surface area contributed by atoms with Gasteiger partial charge in [-0.2, -0.15) is 0 Å². The summed E-state index contributed by atoms with van der Waals surface area (Å²) in [7, 11) is -1.41. The van der Waals surface area contributed by atoms with Crippen LogP contribution in [0.3, 0.4) is 0 Å². The van der Waals surface area contributed by atoms with Gasteiger partial charge in [-0.25, -0.2) is 0 Å². The molecule has 1 atom stereocenters. The van der Waals surface area contributed by atoms with Crippen LogP contribution >= 0.6 is 19.2 Å². The van der Waals surface area contributed by atoms with E-state index < -0.39 is 19.3 Å². The molecular formula is C19H19ClN3O5P. The van der Waals surface area contributed by atoms with Crippen LogP contribution in [0.1, 0.15) is 27.6 Å². The molecule has 1 amide bonds. The van der Waals surface area contributed by atoms with E-state index in [2.05, 4.69) is 15.5 Å². The Morgan fingerprint density at radius 1 is 1.07 bits per heavy atom. The number of hydrogen-bond donors (Lipinski definition) is 1. The molecule has 0 radical (unpaired) electrons. The van der Waals surface area contributed by atoms with Gasteiger partial charge in [0.05, 0.1) is 0 Å². The highest BCUT2D eigenvalue weighted by molar-refractivity contribution is 7.54. The maximum Gasteiger partial charge on any atom is 0.361 e. The van der Waals surface area contributed by atoms with E-state index in [9.17, 15) is 9.36 Å². The van der Waals surface area contributed by atoms with Gasteiger partial charge in [0.15, 0.2) is 0 Å². The molecule has 10 heteroatoms. The molecule has 2 aromatic carbocycles. The molecular weight excluding hydrogens is 417 g/mol. The molecule has 152 valence electrons. The number of carbonyl (C=O) groups is 1. The first kappa shape index (κ1) is 21.2.